The van der Waals surface area contributed by atoms with E-state index in [0.717, 1.165) is 12.8 Å². The van der Waals surface area contributed by atoms with Gasteiger partial charge in [0.05, 0.1) is 21.3 Å². The number of aromatic carboxylic acids is 1. The number of amides is 1. The molecule has 7 heteroatoms. The molecule has 1 atom stereocenters. The Morgan fingerprint density at radius 3 is 2.70 bits per heavy atom. The second kappa shape index (κ2) is 6.49. The number of carboxylic acids is 1. The Labute approximate surface area is 127 Å². The van der Waals surface area contributed by atoms with E-state index >= 15 is 0 Å². The number of benzene rings is 1. The van der Waals surface area contributed by atoms with Crippen LogP contribution in [-0.2, 0) is 15.6 Å². The molecule has 0 bridgehead atoms. The van der Waals surface area contributed by atoms with Gasteiger partial charge in [0, 0.05) is 22.7 Å². The van der Waals surface area contributed by atoms with Crippen LogP contribution in [-0.4, -0.2) is 33.0 Å². The minimum atomic E-state index is -1.51. The molecule has 2 N–H and O–H groups in total. The average Bonchev–Trinajstić information content (AvgIpc) is 3.19. The summed E-state index contributed by atoms with van der Waals surface area (Å²) in [6.45, 7) is 0. The number of carbonyl (C=O) groups excluding carboxylic acids is 1. The molecule has 1 aliphatic carbocycles. The fourth-order valence-corrected chi connectivity index (χ4v) is 3.45. The molecule has 1 saturated carbocycles. The number of nitrogens with one attached hydrogen (secondary N) is 1. The van der Waals surface area contributed by atoms with Gasteiger partial charge in [0.2, 0.25) is 5.91 Å². The van der Waals surface area contributed by atoms with E-state index < -0.39 is 16.8 Å². The molecule has 1 aromatic rings. The second-order valence-electron chi connectivity index (χ2n) is 4.59. The predicted octanol–water partition coefficient (Wildman–Crippen LogP) is 1.92. The monoisotopic (exact) mass is 359 g/mol. The standard InChI is InChI=1S/C13H14BrNO4S/c14-8-1-4-10(13(17)18)11(7-8)20(19)6-5-12(16)15-9-2-3-9/h1,4,7,9H,2-3,5-6H2,(H,15,16)(H,17,18). The highest BCUT2D eigenvalue weighted by atomic mass is 79.9. The van der Waals surface area contributed by atoms with Crippen LogP contribution in [0.5, 0.6) is 0 Å². The summed E-state index contributed by atoms with van der Waals surface area (Å²) in [5.41, 5.74) is 0.00846. The lowest BCUT2D eigenvalue weighted by molar-refractivity contribution is -0.120. The first-order valence-corrected chi connectivity index (χ1v) is 8.29. The van der Waals surface area contributed by atoms with E-state index in [0.29, 0.717) is 4.47 Å². The van der Waals surface area contributed by atoms with E-state index in [1.165, 1.54) is 12.1 Å². The summed E-state index contributed by atoms with van der Waals surface area (Å²) in [6, 6.07) is 4.79. The summed E-state index contributed by atoms with van der Waals surface area (Å²) in [7, 11) is -1.51. The molecular formula is C13H14BrNO4S. The highest BCUT2D eigenvalue weighted by Crippen LogP contribution is 2.21. The third-order valence-electron chi connectivity index (χ3n) is 2.88. The van der Waals surface area contributed by atoms with Crippen molar-refractivity contribution in [2.45, 2.75) is 30.2 Å². The molecule has 2 rings (SSSR count). The van der Waals surface area contributed by atoms with Gasteiger partial charge in [-0.2, -0.15) is 0 Å². The third-order valence-corrected chi connectivity index (χ3v) is 4.77. The molecule has 0 saturated heterocycles. The van der Waals surface area contributed by atoms with Gasteiger partial charge in [-0.1, -0.05) is 15.9 Å². The van der Waals surface area contributed by atoms with Crippen LogP contribution in [0.25, 0.3) is 0 Å². The molecule has 1 aromatic carbocycles. The Morgan fingerprint density at radius 2 is 2.10 bits per heavy atom. The Kier molecular flexibility index (Phi) is 4.93. The predicted molar refractivity (Wildman–Crippen MR) is 78.2 cm³/mol. The van der Waals surface area contributed by atoms with E-state index in [4.69, 9.17) is 5.11 Å². The number of carboxylic acid groups (broad SMARTS) is 1. The van der Waals surface area contributed by atoms with Gasteiger partial charge in [-0.15, -0.1) is 0 Å². The molecule has 0 aromatic heterocycles. The molecular weight excluding hydrogens is 346 g/mol. The van der Waals surface area contributed by atoms with Crippen LogP contribution in [0.4, 0.5) is 0 Å². The first-order chi connectivity index (χ1) is 9.47. The zero-order valence-electron chi connectivity index (χ0n) is 10.6. The SMILES string of the molecule is O=C(CCS(=O)c1cc(Br)ccc1C(=O)O)NC1CC1. The van der Waals surface area contributed by atoms with E-state index in [-0.39, 0.29) is 34.6 Å². The molecule has 1 amide bonds. The van der Waals surface area contributed by atoms with Crippen LogP contribution in [0.2, 0.25) is 0 Å². The van der Waals surface area contributed by atoms with Gasteiger partial charge in [0.15, 0.2) is 0 Å². The molecule has 0 spiro atoms. The maximum Gasteiger partial charge on any atom is 0.336 e. The van der Waals surface area contributed by atoms with Crippen molar-refractivity contribution in [3.05, 3.63) is 28.2 Å². The van der Waals surface area contributed by atoms with Crippen molar-refractivity contribution in [3.63, 3.8) is 0 Å². The van der Waals surface area contributed by atoms with Crippen molar-refractivity contribution in [1.29, 1.82) is 0 Å². The number of rotatable bonds is 6. The Morgan fingerprint density at radius 1 is 1.40 bits per heavy atom. The molecule has 0 heterocycles. The Hall–Kier alpha value is -1.21. The normalized spacial score (nSPS) is 15.7. The third kappa shape index (κ3) is 4.14. The van der Waals surface area contributed by atoms with Crippen LogP contribution >= 0.6 is 15.9 Å². The van der Waals surface area contributed by atoms with Crippen molar-refractivity contribution in [3.8, 4) is 0 Å². The van der Waals surface area contributed by atoms with Crippen LogP contribution in [0.3, 0.4) is 0 Å². The van der Waals surface area contributed by atoms with Crippen molar-refractivity contribution in [2.24, 2.45) is 0 Å². The van der Waals surface area contributed by atoms with Gasteiger partial charge in [0.25, 0.3) is 0 Å². The largest absolute Gasteiger partial charge is 0.478 e. The molecule has 108 valence electrons. The number of carbonyl (C=O) groups is 2. The van der Waals surface area contributed by atoms with Crippen LogP contribution < -0.4 is 5.32 Å². The topological polar surface area (TPSA) is 83.5 Å². The van der Waals surface area contributed by atoms with Gasteiger partial charge in [-0.05, 0) is 31.0 Å². The number of hydrogen-bond acceptors (Lipinski definition) is 3. The summed E-state index contributed by atoms with van der Waals surface area (Å²) in [5.74, 6) is -1.13. The maximum absolute atomic E-state index is 12.2. The molecule has 5 nitrogen and oxygen atoms in total. The van der Waals surface area contributed by atoms with Gasteiger partial charge in [0.1, 0.15) is 0 Å². The summed E-state index contributed by atoms with van der Waals surface area (Å²) in [5, 5.41) is 11.9. The molecule has 0 radical (unpaired) electrons. The molecule has 1 aliphatic rings. The highest BCUT2D eigenvalue weighted by molar-refractivity contribution is 9.10. The van der Waals surface area contributed by atoms with E-state index in [2.05, 4.69) is 21.2 Å². The maximum atomic E-state index is 12.2. The first kappa shape index (κ1) is 15.2. The molecule has 1 fully saturated rings. The van der Waals surface area contributed by atoms with Crippen LogP contribution in [0, 0.1) is 0 Å². The van der Waals surface area contributed by atoms with Gasteiger partial charge in [-0.3, -0.25) is 9.00 Å². The zero-order valence-corrected chi connectivity index (χ0v) is 13.0. The summed E-state index contributed by atoms with van der Waals surface area (Å²) in [6.07, 6.45) is 2.14. The molecule has 20 heavy (non-hydrogen) atoms. The zero-order chi connectivity index (χ0) is 14.7. The Bertz CT molecular complexity index is 571. The molecule has 0 aliphatic heterocycles. The van der Waals surface area contributed by atoms with Crippen molar-refractivity contribution < 1.29 is 18.9 Å². The quantitative estimate of drug-likeness (QED) is 0.812. The van der Waals surface area contributed by atoms with Gasteiger partial charge < -0.3 is 10.4 Å². The van der Waals surface area contributed by atoms with E-state index in [1.54, 1.807) is 6.07 Å². The highest BCUT2D eigenvalue weighted by Gasteiger charge is 2.23. The second-order valence-corrected chi connectivity index (χ2v) is 7.04. The summed E-state index contributed by atoms with van der Waals surface area (Å²) < 4.78 is 12.8. The van der Waals surface area contributed by atoms with Crippen molar-refractivity contribution in [1.82, 2.24) is 5.32 Å². The summed E-state index contributed by atoms with van der Waals surface area (Å²) in [4.78, 5) is 22.9. The van der Waals surface area contributed by atoms with Crippen molar-refractivity contribution in [2.75, 3.05) is 5.75 Å². The van der Waals surface area contributed by atoms with Gasteiger partial charge >= 0.3 is 5.97 Å². The fraction of sp³-hybridized carbons (Fsp3) is 0.385. The average molecular weight is 360 g/mol. The first-order valence-electron chi connectivity index (χ1n) is 6.18. The summed E-state index contributed by atoms with van der Waals surface area (Å²) >= 11 is 3.23. The van der Waals surface area contributed by atoms with Crippen LogP contribution in [0.1, 0.15) is 29.6 Å². The van der Waals surface area contributed by atoms with E-state index in [9.17, 15) is 13.8 Å². The van der Waals surface area contributed by atoms with Crippen LogP contribution in [0.15, 0.2) is 27.6 Å². The van der Waals surface area contributed by atoms with Crippen molar-refractivity contribution >= 4 is 38.6 Å². The fourth-order valence-electron chi connectivity index (χ4n) is 1.68. The lowest BCUT2D eigenvalue weighted by Crippen LogP contribution is -2.26. The minimum Gasteiger partial charge on any atom is -0.478 e. The number of hydrogen-bond donors (Lipinski definition) is 2. The molecule has 1 unspecified atom stereocenters. The number of halogens is 1. The minimum absolute atomic E-state index is 0.00846. The Balaban J connectivity index is 2.02. The lowest BCUT2D eigenvalue weighted by Gasteiger charge is -2.07. The smallest absolute Gasteiger partial charge is 0.336 e. The van der Waals surface area contributed by atoms with E-state index in [1.807, 2.05) is 0 Å². The lowest BCUT2D eigenvalue weighted by atomic mass is 10.2. The van der Waals surface area contributed by atoms with Gasteiger partial charge in [-0.25, -0.2) is 4.79 Å².